The average Bonchev–Trinajstić information content (AvgIpc) is 3.67. The van der Waals surface area contributed by atoms with E-state index in [2.05, 4.69) is 107 Å². The molecule has 404 valence electrons. The molecule has 4 saturated heterocycles. The van der Waals surface area contributed by atoms with Gasteiger partial charge in [0.1, 0.15) is 0 Å². The van der Waals surface area contributed by atoms with Crippen LogP contribution in [0.15, 0.2) is 69.9 Å². The Balaban J connectivity index is 0.000000184. The molecule has 75 heavy (non-hydrogen) atoms. The zero-order valence-electron chi connectivity index (χ0n) is 44.1. The number of amides is 4. The van der Waals surface area contributed by atoms with E-state index in [1.54, 1.807) is 4.90 Å². The normalized spacial score (nSPS) is 22.7. The van der Waals surface area contributed by atoms with Crippen molar-refractivity contribution < 1.29 is 14.4 Å². The number of piperidine rings is 2. The van der Waals surface area contributed by atoms with Gasteiger partial charge >= 0.3 is 6.03 Å². The van der Waals surface area contributed by atoms with Gasteiger partial charge in [0.05, 0.1) is 23.5 Å². The van der Waals surface area contributed by atoms with Gasteiger partial charge in [0.2, 0.25) is 11.8 Å². The number of hydrogen-bond donors (Lipinski definition) is 2. The first-order valence-electron chi connectivity index (χ1n) is 28.0. The van der Waals surface area contributed by atoms with Crippen molar-refractivity contribution in [2.45, 2.75) is 141 Å². The number of halogens is 4. The summed E-state index contributed by atoms with van der Waals surface area (Å²) in [5.41, 5.74) is 15.5. The molecule has 2 unspecified atom stereocenters. The smallest absolute Gasteiger partial charge is 0.314 e. The number of nitrogens with two attached hydrogens (primary N) is 1. The molecule has 4 aliphatic heterocycles. The van der Waals surface area contributed by atoms with Crippen molar-refractivity contribution in [2.24, 2.45) is 17.6 Å². The number of nitrogens with zero attached hydrogens (tertiary/aromatic N) is 7. The number of aryl methyl sites for hydroxylation is 4. The van der Waals surface area contributed by atoms with Crippen LogP contribution in [-0.4, -0.2) is 130 Å². The zero-order valence-corrected chi connectivity index (χ0v) is 48.8. The summed E-state index contributed by atoms with van der Waals surface area (Å²) in [6, 6.07) is 17.3. The molecule has 2 aliphatic carbocycles. The Morgan fingerprint density at radius 2 is 1.05 bits per heavy atom. The lowest BCUT2D eigenvalue weighted by Gasteiger charge is -2.45. The van der Waals surface area contributed by atoms with Gasteiger partial charge in [0.25, 0.3) is 0 Å². The lowest BCUT2D eigenvalue weighted by molar-refractivity contribution is -0.139. The number of piperazine rings is 2. The van der Waals surface area contributed by atoms with Crippen LogP contribution in [0.25, 0.3) is 0 Å². The highest BCUT2D eigenvalue weighted by atomic mass is 79.9. The fourth-order valence-corrected chi connectivity index (χ4v) is 14.1. The Labute approximate surface area is 472 Å². The minimum Gasteiger partial charge on any atom is -0.351 e. The van der Waals surface area contributed by atoms with Crippen LogP contribution in [0.3, 0.4) is 0 Å². The van der Waals surface area contributed by atoms with Gasteiger partial charge in [0, 0.05) is 109 Å². The molecule has 4 aromatic rings. The molecule has 0 bridgehead atoms. The van der Waals surface area contributed by atoms with Gasteiger partial charge in [-0.2, -0.15) is 0 Å². The fraction of sp³-hybridized carbons (Fsp3) is 0.576. The second-order valence-corrected chi connectivity index (χ2v) is 24.7. The number of fused-ring (bicyclic) bond motifs is 4. The second kappa shape index (κ2) is 26.3. The van der Waals surface area contributed by atoms with Crippen molar-refractivity contribution in [2.75, 3.05) is 65.4 Å². The number of likely N-dealkylation sites (tertiary alicyclic amines) is 1. The third-order valence-corrected chi connectivity index (χ3v) is 18.4. The molecule has 2 aromatic heterocycles. The summed E-state index contributed by atoms with van der Waals surface area (Å²) < 4.78 is 2.03. The van der Waals surface area contributed by atoms with Gasteiger partial charge in [-0.25, -0.2) is 4.79 Å². The summed E-state index contributed by atoms with van der Waals surface area (Å²) in [5.74, 6) is 1.45. The molecule has 0 radical (unpaired) electrons. The number of unbranched alkanes of at least 4 members (excludes halogenated alkanes) is 2. The molecule has 4 atom stereocenters. The van der Waals surface area contributed by atoms with E-state index in [0.717, 1.165) is 173 Å². The molecule has 4 fully saturated rings. The highest BCUT2D eigenvalue weighted by molar-refractivity contribution is 9.10. The van der Waals surface area contributed by atoms with Gasteiger partial charge in [-0.05, 0) is 191 Å². The summed E-state index contributed by atoms with van der Waals surface area (Å²) in [6.07, 6.45) is 19.3. The van der Waals surface area contributed by atoms with E-state index in [0.29, 0.717) is 43.7 Å². The van der Waals surface area contributed by atoms with Crippen LogP contribution in [-0.2, 0) is 35.3 Å². The van der Waals surface area contributed by atoms with Crippen molar-refractivity contribution >= 4 is 72.9 Å². The number of urea groups is 1. The van der Waals surface area contributed by atoms with Crippen LogP contribution in [0.4, 0.5) is 4.79 Å². The Hall–Kier alpha value is -3.63. The number of rotatable bonds is 12. The number of carbonyl (C=O) groups is 3. The van der Waals surface area contributed by atoms with Crippen molar-refractivity contribution in [1.82, 2.24) is 39.8 Å². The van der Waals surface area contributed by atoms with Crippen LogP contribution in [0, 0.1) is 11.8 Å². The summed E-state index contributed by atoms with van der Waals surface area (Å²) >= 11 is 20.1. The molecule has 10 rings (SSSR count). The van der Waals surface area contributed by atoms with Crippen LogP contribution in [0.5, 0.6) is 0 Å². The predicted octanol–water partition coefficient (Wildman–Crippen LogP) is 11.3. The maximum absolute atomic E-state index is 13.6. The number of hydrogen-bond acceptors (Lipinski definition) is 8. The largest absolute Gasteiger partial charge is 0.351 e. The van der Waals surface area contributed by atoms with Crippen LogP contribution >= 0.6 is 55.1 Å². The molecule has 6 aliphatic rings. The van der Waals surface area contributed by atoms with Crippen molar-refractivity contribution in [3.8, 4) is 0 Å². The molecule has 3 N–H and O–H groups in total. The Kier molecular flexibility index (Phi) is 19.7. The highest BCUT2D eigenvalue weighted by Gasteiger charge is 2.40. The second-order valence-electron chi connectivity index (χ2n) is 22.0. The van der Waals surface area contributed by atoms with Gasteiger partial charge in [-0.15, -0.1) is 0 Å². The van der Waals surface area contributed by atoms with E-state index < -0.39 is 0 Å². The molecule has 0 spiro atoms. The minimum atomic E-state index is -0.360. The lowest BCUT2D eigenvalue weighted by atomic mass is 9.91. The summed E-state index contributed by atoms with van der Waals surface area (Å²) in [6.45, 7) is 12.7. The summed E-state index contributed by atoms with van der Waals surface area (Å²) in [7, 11) is 0. The SMILES string of the molecule is CCCC[C@H]1CN(C2c3ccc(Cl)cc3CCc3cc(Br)cnc32)CCN1C(=O)CC1CCN(C(N)=O)CC1.CCCC[C@H]1CN(C2c3ccc(Cl)cc3CCc3cc(Br)cnc32)CCN1C(=O)CC1CCNCC1. The predicted molar refractivity (Wildman–Crippen MR) is 307 cm³/mol. The van der Waals surface area contributed by atoms with E-state index in [1.165, 1.54) is 33.4 Å². The minimum absolute atomic E-state index is 0.0439. The van der Waals surface area contributed by atoms with Crippen molar-refractivity contribution in [3.05, 3.63) is 125 Å². The standard InChI is InChI=1S/C30H39BrClN5O2.C29H38BrClN4O/c1-2-3-4-25-19-36(13-14-37(25)27(38)15-20-9-11-35(12-10-20)30(33)39)29-26-8-7-24(32)17-21(26)5-6-22-16-23(31)18-34-28(22)29;1-2-3-4-25-19-34(13-14-35(25)27(36)15-20-9-11-32-12-10-20)29-26-8-7-24(31)17-21(26)5-6-22-16-23(30)18-33-28(22)29/h7-8,16-18,20,25,29H,2-6,9-15,19H2,1H3,(H2,33,39);7-8,16-18,20,25,29,32H,2-6,9-15,19H2,1H3/t2*25-,29?/m00/s1. The molecular formula is C59H77Br2Cl2N9O3. The molecule has 0 saturated carbocycles. The molecule has 6 heterocycles. The topological polar surface area (TPSA) is 131 Å². The Bertz CT molecular complexity index is 2520. The summed E-state index contributed by atoms with van der Waals surface area (Å²) in [5, 5.41) is 4.99. The van der Waals surface area contributed by atoms with Crippen LogP contribution in [0.1, 0.15) is 148 Å². The van der Waals surface area contributed by atoms with E-state index >= 15 is 0 Å². The molecule has 2 aromatic carbocycles. The lowest BCUT2D eigenvalue weighted by Crippen LogP contribution is -2.56. The van der Waals surface area contributed by atoms with Gasteiger partial charge in [-0.3, -0.25) is 29.4 Å². The molecular weight excluding hydrogens is 1110 g/mol. The van der Waals surface area contributed by atoms with Gasteiger partial charge in [-0.1, -0.05) is 74.9 Å². The maximum Gasteiger partial charge on any atom is 0.314 e. The number of primary amides is 1. The fourth-order valence-electron chi connectivity index (χ4n) is 13.0. The van der Waals surface area contributed by atoms with E-state index in [9.17, 15) is 14.4 Å². The first kappa shape index (κ1) is 56.1. The van der Waals surface area contributed by atoms with Crippen LogP contribution in [0.2, 0.25) is 10.0 Å². The molecule has 12 nitrogen and oxygen atoms in total. The van der Waals surface area contributed by atoms with Gasteiger partial charge < -0.3 is 25.8 Å². The van der Waals surface area contributed by atoms with E-state index in [1.807, 2.05) is 24.5 Å². The first-order chi connectivity index (χ1) is 36.4. The monoisotopic (exact) mass is 1190 g/mol. The van der Waals surface area contributed by atoms with Crippen LogP contribution < -0.4 is 11.1 Å². The van der Waals surface area contributed by atoms with E-state index in [-0.39, 0.29) is 36.1 Å². The van der Waals surface area contributed by atoms with E-state index in [4.69, 9.17) is 38.9 Å². The number of benzene rings is 2. The Morgan fingerprint density at radius 1 is 0.613 bits per heavy atom. The third kappa shape index (κ3) is 13.8. The number of carbonyl (C=O) groups excluding carboxylic acids is 3. The highest BCUT2D eigenvalue weighted by Crippen LogP contribution is 2.41. The summed E-state index contributed by atoms with van der Waals surface area (Å²) in [4.78, 5) is 59.8. The third-order valence-electron chi connectivity index (χ3n) is 17.1. The first-order valence-corrected chi connectivity index (χ1v) is 30.4. The quantitative estimate of drug-likeness (QED) is 0.143. The molecule has 4 amide bonds. The van der Waals surface area contributed by atoms with Gasteiger partial charge in [0.15, 0.2) is 0 Å². The maximum atomic E-state index is 13.6. The molecule has 16 heteroatoms. The zero-order chi connectivity index (χ0) is 52.6. The average molecular weight is 1190 g/mol. The number of aromatic nitrogens is 2. The van der Waals surface area contributed by atoms with Crippen molar-refractivity contribution in [1.29, 1.82) is 0 Å². The van der Waals surface area contributed by atoms with Crippen molar-refractivity contribution in [3.63, 3.8) is 0 Å². The number of pyridine rings is 2. The Morgan fingerprint density at radius 3 is 1.49 bits per heavy atom. The number of nitrogens with one attached hydrogen (secondary N) is 1.